The SMILES string of the molecule is C.C=CC(=O)OC(CC(C)(C)C(C)=O)C(C)=O.C=CC(C)=O.CC(=O)C(C)(C)Br.CC(=O)C(C)(C)CC(C(=O)O)C(C)(C)CC(Br)C(=O)OC(CC(C)(C)C(=O)O)C(=O)O.CC(=O)C(CC(C)(C)C(C)=O)C(C)(C)CC(Br)C(=O)OC(CC(C)(C)C(=O)OC(C)(C)C)C(=O)OC(C)(C)C. The number of rotatable bonds is 34. The number of hydrogen-bond donors (Lipinski definition) is 3. The molecule has 0 aromatic carbocycles. The van der Waals surface area contributed by atoms with Gasteiger partial charge >= 0.3 is 47.8 Å². The minimum Gasteiger partial charge on any atom is -0.481 e. The standard InChI is InChI=1S/C30H51BrO8.C21H33BrO9.C12H18O4.C5H9BrO.C4H6O.CH4/c1-18(32)20(15-28(9,10)19(2)33)29(11,12)16-21(31)23(34)37-22(24(35)38-26(3,4)5)17-30(13,14)25(36)39-27(6,7)8;1-11(23)19(2,3)8-12(15(24)25)20(4,5)9-13(22)17(28)31-14(16(26)27)10-21(6,7)18(29)30;1-6-11(15)16-10(8(2)13)7-12(4,5)9(3)14;1-4(7)5(2,3)6;1-3-4(2)5;/h20-22H,15-17H2,1-14H3;12-14H,8-10H2,1-7H3,(H,24,25)(H,26,27)(H,29,30);6,10H,1,7H2,2-5H3;1-3H3;3H,1H2,2H3;1H4. The Labute approximate surface area is 615 Å². The molecule has 26 heteroatoms. The van der Waals surface area contributed by atoms with Gasteiger partial charge in [0.05, 0.1) is 21.1 Å². The molecule has 0 spiro atoms. The van der Waals surface area contributed by atoms with Gasteiger partial charge in [0.1, 0.15) is 49.8 Å². The lowest BCUT2D eigenvalue weighted by molar-refractivity contribution is -0.181. The van der Waals surface area contributed by atoms with Crippen molar-refractivity contribution in [3.05, 3.63) is 25.3 Å². The van der Waals surface area contributed by atoms with Crippen molar-refractivity contribution in [1.82, 2.24) is 0 Å². The summed E-state index contributed by atoms with van der Waals surface area (Å²) >= 11 is 9.74. The second-order valence-corrected chi connectivity index (χ2v) is 35.8. The van der Waals surface area contributed by atoms with Crippen LogP contribution in [0, 0.1) is 49.7 Å². The van der Waals surface area contributed by atoms with Crippen molar-refractivity contribution in [2.75, 3.05) is 0 Å². The lowest BCUT2D eigenvalue weighted by atomic mass is 9.66. The Bertz CT molecular complexity index is 2830. The van der Waals surface area contributed by atoms with E-state index in [1.807, 2.05) is 27.7 Å². The highest BCUT2D eigenvalue weighted by Gasteiger charge is 2.46. The monoisotopic (exact) mass is 1600 g/mol. The number of esters is 5. The first-order valence-corrected chi connectivity index (χ1v) is 34.4. The molecule has 0 radical (unpaired) electrons. The van der Waals surface area contributed by atoms with Crippen LogP contribution >= 0.6 is 47.8 Å². The van der Waals surface area contributed by atoms with E-state index in [1.165, 1.54) is 61.5 Å². The number of alkyl halides is 3. The minimum atomic E-state index is -1.67. The molecule has 0 heterocycles. The van der Waals surface area contributed by atoms with E-state index in [0.717, 1.165) is 6.08 Å². The summed E-state index contributed by atoms with van der Waals surface area (Å²) in [5.74, 6) is -9.27. The van der Waals surface area contributed by atoms with Crippen LogP contribution in [0.5, 0.6) is 0 Å². The molecule has 0 aliphatic heterocycles. The lowest BCUT2D eigenvalue weighted by Gasteiger charge is -2.38. The number of carbonyl (C=O) groups is 15. The fourth-order valence-corrected chi connectivity index (χ4v) is 9.96. The molecule has 0 bridgehead atoms. The van der Waals surface area contributed by atoms with Crippen LogP contribution in [0.1, 0.15) is 253 Å². The van der Waals surface area contributed by atoms with Crippen LogP contribution in [-0.4, -0.2) is 147 Å². The number of ether oxygens (including phenoxy) is 5. The van der Waals surface area contributed by atoms with Gasteiger partial charge in [-0.25, -0.2) is 14.4 Å². The van der Waals surface area contributed by atoms with E-state index in [4.69, 9.17) is 23.7 Å². The quantitative estimate of drug-likeness (QED) is 0.0233. The number of carboxylic acid groups (broad SMARTS) is 3. The maximum Gasteiger partial charge on any atom is 0.348 e. The Morgan fingerprint density at radius 1 is 0.384 bits per heavy atom. The normalized spacial score (nSPS) is 14.2. The fourth-order valence-electron chi connectivity index (χ4n) is 8.08. The van der Waals surface area contributed by atoms with E-state index < -0.39 is 143 Å². The smallest absolute Gasteiger partial charge is 0.348 e. The molecule has 0 saturated carbocycles. The number of hydrogen-bond acceptors (Lipinski definition) is 20. The predicted molar refractivity (Wildman–Crippen MR) is 390 cm³/mol. The summed E-state index contributed by atoms with van der Waals surface area (Å²) in [6, 6.07) is 0. The van der Waals surface area contributed by atoms with Gasteiger partial charge in [0, 0.05) is 47.5 Å². The Kier molecular flexibility index (Phi) is 45.0. The first-order chi connectivity index (χ1) is 43.3. The predicted octanol–water partition coefficient (Wildman–Crippen LogP) is 14.6. The average Bonchev–Trinajstić information content (AvgIpc) is 0.821. The fraction of sp³-hybridized carbons (Fsp3) is 0.740. The Morgan fingerprint density at radius 2 is 0.697 bits per heavy atom. The molecule has 572 valence electrons. The van der Waals surface area contributed by atoms with Crippen molar-refractivity contribution < 1.29 is 111 Å². The highest BCUT2D eigenvalue weighted by Crippen LogP contribution is 2.44. The molecule has 23 nitrogen and oxygen atoms in total. The summed E-state index contributed by atoms with van der Waals surface area (Å²) in [6.07, 6.45) is -1.43. The number of allylic oxidation sites excluding steroid dienone is 1. The van der Waals surface area contributed by atoms with Crippen LogP contribution in [0.2, 0.25) is 0 Å². The van der Waals surface area contributed by atoms with Gasteiger partial charge in [-0.15, -0.1) is 0 Å². The van der Waals surface area contributed by atoms with Gasteiger partial charge in [0.25, 0.3) is 0 Å². The van der Waals surface area contributed by atoms with E-state index >= 15 is 0 Å². The maximum absolute atomic E-state index is 13.2. The van der Waals surface area contributed by atoms with E-state index in [9.17, 15) is 87.2 Å². The number of ketones is 7. The summed E-state index contributed by atoms with van der Waals surface area (Å²) in [6.45, 7) is 53.9. The summed E-state index contributed by atoms with van der Waals surface area (Å²) < 4.78 is 26.3. The second-order valence-electron chi connectivity index (χ2n) is 31.6. The second kappa shape index (κ2) is 42.7. The maximum atomic E-state index is 13.2. The molecule has 0 rings (SSSR count). The van der Waals surface area contributed by atoms with Gasteiger partial charge in [-0.3, -0.25) is 57.5 Å². The molecular formula is C73H121Br3O23. The molecule has 0 aromatic rings. The lowest BCUT2D eigenvalue weighted by Crippen LogP contribution is -2.43. The van der Waals surface area contributed by atoms with Crippen molar-refractivity contribution in [2.24, 2.45) is 49.7 Å². The minimum absolute atomic E-state index is 0. The van der Waals surface area contributed by atoms with Gasteiger partial charge in [-0.2, -0.15) is 0 Å². The summed E-state index contributed by atoms with van der Waals surface area (Å²) in [4.78, 5) is 175. The van der Waals surface area contributed by atoms with Gasteiger partial charge in [0.2, 0.25) is 0 Å². The van der Waals surface area contributed by atoms with Crippen LogP contribution < -0.4 is 0 Å². The van der Waals surface area contributed by atoms with Gasteiger partial charge < -0.3 is 39.0 Å². The van der Waals surface area contributed by atoms with E-state index in [0.29, 0.717) is 6.42 Å². The number of carbonyl (C=O) groups excluding carboxylic acids is 12. The number of carboxylic acids is 3. The van der Waals surface area contributed by atoms with Gasteiger partial charge in [-0.1, -0.05) is 138 Å². The number of halogens is 3. The molecule has 7 atom stereocenters. The Hall–Kier alpha value is -5.63. The van der Waals surface area contributed by atoms with Crippen LogP contribution in [0.25, 0.3) is 0 Å². The molecule has 3 N–H and O–H groups in total. The van der Waals surface area contributed by atoms with Crippen LogP contribution in [-0.2, 0) is 95.6 Å². The molecule has 0 amide bonds. The molecule has 0 aromatic heterocycles. The zero-order valence-electron chi connectivity index (χ0n) is 63.7. The van der Waals surface area contributed by atoms with Crippen molar-refractivity contribution in [3.8, 4) is 0 Å². The first-order valence-electron chi connectivity index (χ1n) is 31.8. The van der Waals surface area contributed by atoms with Crippen LogP contribution in [0.15, 0.2) is 25.3 Å². The van der Waals surface area contributed by atoms with Crippen molar-refractivity contribution in [3.63, 3.8) is 0 Å². The van der Waals surface area contributed by atoms with Crippen LogP contribution in [0.3, 0.4) is 0 Å². The largest absolute Gasteiger partial charge is 0.481 e. The molecule has 0 aliphatic rings. The number of Topliss-reactive ketones (excluding diaryl/α,β-unsaturated/α-hetero) is 6. The molecule has 99 heavy (non-hydrogen) atoms. The number of aliphatic carboxylic acids is 3. The Balaban J connectivity index is -0.000000317. The van der Waals surface area contributed by atoms with Gasteiger partial charge in [-0.05, 0) is 174 Å². The van der Waals surface area contributed by atoms with Crippen molar-refractivity contribution >= 4 is 136 Å². The molecular weight excluding hydrogens is 1480 g/mol. The van der Waals surface area contributed by atoms with Gasteiger partial charge in [0.15, 0.2) is 29.9 Å². The van der Waals surface area contributed by atoms with Crippen LogP contribution in [0.4, 0.5) is 0 Å². The van der Waals surface area contributed by atoms with E-state index in [2.05, 4.69) is 60.9 Å². The summed E-state index contributed by atoms with van der Waals surface area (Å²) in [7, 11) is 0. The zero-order valence-corrected chi connectivity index (χ0v) is 68.5. The molecule has 0 aliphatic carbocycles. The third kappa shape index (κ3) is 43.7. The highest BCUT2D eigenvalue weighted by molar-refractivity contribution is 9.10. The Morgan fingerprint density at radius 3 is 0.970 bits per heavy atom. The third-order valence-corrected chi connectivity index (χ3v) is 17.9. The van der Waals surface area contributed by atoms with Crippen molar-refractivity contribution in [1.29, 1.82) is 0 Å². The summed E-state index contributed by atoms with van der Waals surface area (Å²) in [5.41, 5.74) is -8.06. The molecule has 0 fully saturated rings. The van der Waals surface area contributed by atoms with Crippen molar-refractivity contribution in [2.45, 2.75) is 297 Å². The summed E-state index contributed by atoms with van der Waals surface area (Å²) in [5, 5.41) is 28.2. The van der Waals surface area contributed by atoms with E-state index in [-0.39, 0.29) is 84.3 Å². The first kappa shape index (κ1) is 104. The highest BCUT2D eigenvalue weighted by atomic mass is 79.9. The average molecular weight is 1610 g/mol. The third-order valence-electron chi connectivity index (χ3n) is 16.0. The topological polar surface area (TPSA) is 363 Å². The molecule has 0 saturated heterocycles. The molecule has 7 unspecified atom stereocenters. The zero-order chi connectivity index (χ0) is 79.6. The van der Waals surface area contributed by atoms with E-state index in [1.54, 1.807) is 118 Å².